The van der Waals surface area contributed by atoms with E-state index in [0.29, 0.717) is 17.9 Å². The first kappa shape index (κ1) is 14.1. The van der Waals surface area contributed by atoms with Crippen LogP contribution in [0.15, 0.2) is 18.2 Å². The zero-order valence-corrected chi connectivity index (χ0v) is 13.3. The molecule has 1 atom stereocenters. The van der Waals surface area contributed by atoms with Gasteiger partial charge in [0.1, 0.15) is 5.75 Å². The van der Waals surface area contributed by atoms with Crippen molar-refractivity contribution < 1.29 is 9.53 Å². The average molecular weight is 300 g/mol. The molecule has 22 heavy (non-hydrogen) atoms. The van der Waals surface area contributed by atoms with Gasteiger partial charge in [-0.2, -0.15) is 0 Å². The molecule has 0 spiro atoms. The number of hydrogen-bond donors (Lipinski definition) is 0. The van der Waals surface area contributed by atoms with Crippen LogP contribution in [0.4, 0.5) is 0 Å². The van der Waals surface area contributed by atoms with Crippen molar-refractivity contribution in [1.29, 1.82) is 0 Å². The third-order valence-electron chi connectivity index (χ3n) is 5.39. The Morgan fingerprint density at radius 1 is 1.14 bits per heavy atom. The number of piperazine rings is 1. The zero-order valence-electron chi connectivity index (χ0n) is 13.3. The van der Waals surface area contributed by atoms with E-state index in [1.807, 2.05) is 0 Å². The first-order valence-electron chi connectivity index (χ1n) is 8.46. The van der Waals surface area contributed by atoms with Crippen molar-refractivity contribution in [3.8, 4) is 5.75 Å². The molecule has 0 bridgehead atoms. The Kier molecular flexibility index (Phi) is 3.57. The number of methoxy groups -OCH3 is 1. The van der Waals surface area contributed by atoms with Gasteiger partial charge in [-0.25, -0.2) is 0 Å². The Hall–Kier alpha value is -1.55. The molecule has 1 amide bonds. The Balaban J connectivity index is 1.43. The lowest BCUT2D eigenvalue weighted by atomic mass is 10.1. The summed E-state index contributed by atoms with van der Waals surface area (Å²) in [6, 6.07) is 6.98. The fraction of sp³-hybridized carbons (Fsp3) is 0.611. The molecular formula is C18H24N2O2. The van der Waals surface area contributed by atoms with Crippen LogP contribution in [0.25, 0.3) is 0 Å². The van der Waals surface area contributed by atoms with Crippen LogP contribution in [0.5, 0.6) is 5.75 Å². The normalized spacial score (nSPS) is 25.1. The Labute approximate surface area is 132 Å². The van der Waals surface area contributed by atoms with Crippen molar-refractivity contribution >= 4 is 5.91 Å². The van der Waals surface area contributed by atoms with Crippen LogP contribution in [-0.4, -0.2) is 49.0 Å². The van der Waals surface area contributed by atoms with E-state index in [-0.39, 0.29) is 0 Å². The van der Waals surface area contributed by atoms with Gasteiger partial charge in [-0.05, 0) is 48.9 Å². The lowest BCUT2D eigenvalue weighted by Crippen LogP contribution is -2.49. The molecule has 1 saturated heterocycles. The number of nitrogens with zero attached hydrogens (tertiary/aromatic N) is 2. The van der Waals surface area contributed by atoms with Crippen molar-refractivity contribution in [2.45, 2.75) is 31.7 Å². The van der Waals surface area contributed by atoms with Gasteiger partial charge in [-0.1, -0.05) is 6.07 Å². The van der Waals surface area contributed by atoms with E-state index in [2.05, 4.69) is 28.0 Å². The Morgan fingerprint density at radius 3 is 2.59 bits per heavy atom. The van der Waals surface area contributed by atoms with Crippen LogP contribution in [0.3, 0.4) is 0 Å². The first-order chi connectivity index (χ1) is 10.8. The van der Waals surface area contributed by atoms with Crippen molar-refractivity contribution in [3.05, 3.63) is 29.3 Å². The number of rotatable bonds is 3. The van der Waals surface area contributed by atoms with Crippen LogP contribution in [0, 0.1) is 5.92 Å². The summed E-state index contributed by atoms with van der Waals surface area (Å²) in [7, 11) is 1.73. The van der Waals surface area contributed by atoms with E-state index in [1.165, 1.54) is 17.5 Å². The van der Waals surface area contributed by atoms with E-state index >= 15 is 0 Å². The summed E-state index contributed by atoms with van der Waals surface area (Å²) in [4.78, 5) is 16.8. The fourth-order valence-corrected chi connectivity index (χ4v) is 3.91. The van der Waals surface area contributed by atoms with Crippen LogP contribution < -0.4 is 4.74 Å². The van der Waals surface area contributed by atoms with Crippen molar-refractivity contribution in [3.63, 3.8) is 0 Å². The molecule has 1 heterocycles. The molecular weight excluding hydrogens is 276 g/mol. The third-order valence-corrected chi connectivity index (χ3v) is 5.39. The summed E-state index contributed by atoms with van der Waals surface area (Å²) in [5.41, 5.74) is 2.89. The molecule has 1 aliphatic heterocycles. The minimum Gasteiger partial charge on any atom is -0.497 e. The molecule has 4 rings (SSSR count). The standard InChI is InChI=1S/C18H24N2O2/c1-22-15-6-4-13-5-7-17(16(13)12-15)19-8-10-20(11-9-19)18(21)14-2-3-14/h4,6,12,14,17H,2-3,5,7-11H2,1H3/t17-/m1/s1. The molecule has 1 saturated carbocycles. The van der Waals surface area contributed by atoms with Gasteiger partial charge in [0.2, 0.25) is 5.91 Å². The third kappa shape index (κ3) is 2.50. The molecule has 118 valence electrons. The molecule has 1 aromatic rings. The van der Waals surface area contributed by atoms with Crippen molar-refractivity contribution in [1.82, 2.24) is 9.80 Å². The molecule has 0 radical (unpaired) electrons. The van der Waals surface area contributed by atoms with E-state index in [9.17, 15) is 4.79 Å². The van der Waals surface area contributed by atoms with Gasteiger partial charge in [0.05, 0.1) is 7.11 Å². The van der Waals surface area contributed by atoms with Crippen LogP contribution in [0.1, 0.15) is 36.4 Å². The van der Waals surface area contributed by atoms with E-state index in [0.717, 1.165) is 51.2 Å². The number of fused-ring (bicyclic) bond motifs is 1. The minimum absolute atomic E-state index is 0.350. The van der Waals surface area contributed by atoms with Crippen molar-refractivity contribution in [2.75, 3.05) is 33.3 Å². The number of aryl methyl sites for hydroxylation is 1. The highest BCUT2D eigenvalue weighted by Gasteiger charge is 2.36. The smallest absolute Gasteiger partial charge is 0.225 e. The summed E-state index contributed by atoms with van der Waals surface area (Å²) >= 11 is 0. The number of carbonyl (C=O) groups excluding carboxylic acids is 1. The predicted octanol–water partition coefficient (Wildman–Crippen LogP) is 2.24. The summed E-state index contributed by atoms with van der Waals surface area (Å²) in [6.07, 6.45) is 4.56. The lowest BCUT2D eigenvalue weighted by molar-refractivity contribution is -0.134. The minimum atomic E-state index is 0.350. The molecule has 1 aromatic carbocycles. The molecule has 2 aliphatic carbocycles. The monoisotopic (exact) mass is 300 g/mol. The summed E-state index contributed by atoms with van der Waals surface area (Å²) in [6.45, 7) is 3.79. The first-order valence-corrected chi connectivity index (χ1v) is 8.46. The number of amides is 1. The highest BCUT2D eigenvalue weighted by molar-refractivity contribution is 5.81. The second-order valence-corrected chi connectivity index (χ2v) is 6.75. The fourth-order valence-electron chi connectivity index (χ4n) is 3.91. The molecule has 0 unspecified atom stereocenters. The molecule has 4 heteroatoms. The number of hydrogen-bond acceptors (Lipinski definition) is 3. The molecule has 2 fully saturated rings. The average Bonchev–Trinajstić information content (AvgIpc) is 3.33. The van der Waals surface area contributed by atoms with E-state index in [4.69, 9.17) is 4.74 Å². The largest absolute Gasteiger partial charge is 0.497 e. The van der Waals surface area contributed by atoms with Gasteiger partial charge in [0.25, 0.3) is 0 Å². The van der Waals surface area contributed by atoms with E-state index < -0.39 is 0 Å². The highest BCUT2D eigenvalue weighted by Crippen LogP contribution is 2.38. The topological polar surface area (TPSA) is 32.8 Å². The summed E-state index contributed by atoms with van der Waals surface area (Å²) < 4.78 is 5.39. The second-order valence-electron chi connectivity index (χ2n) is 6.75. The molecule has 3 aliphatic rings. The molecule has 0 aromatic heterocycles. The molecule has 0 N–H and O–H groups in total. The summed E-state index contributed by atoms with van der Waals surface area (Å²) in [5.74, 6) is 1.70. The van der Waals surface area contributed by atoms with Crippen LogP contribution >= 0.6 is 0 Å². The van der Waals surface area contributed by atoms with Gasteiger partial charge in [-0.15, -0.1) is 0 Å². The maximum Gasteiger partial charge on any atom is 0.225 e. The van der Waals surface area contributed by atoms with Gasteiger partial charge in [0.15, 0.2) is 0 Å². The SMILES string of the molecule is COc1ccc2c(c1)[C@H](N1CCN(C(=O)C3CC3)CC1)CC2. The van der Waals surface area contributed by atoms with Gasteiger partial charge >= 0.3 is 0 Å². The predicted molar refractivity (Wildman–Crippen MR) is 84.9 cm³/mol. The van der Waals surface area contributed by atoms with Gasteiger partial charge < -0.3 is 9.64 Å². The van der Waals surface area contributed by atoms with Gasteiger partial charge in [0, 0.05) is 38.1 Å². The van der Waals surface area contributed by atoms with E-state index in [1.54, 1.807) is 7.11 Å². The van der Waals surface area contributed by atoms with Crippen LogP contribution in [-0.2, 0) is 11.2 Å². The molecule has 4 nitrogen and oxygen atoms in total. The lowest BCUT2D eigenvalue weighted by Gasteiger charge is -2.38. The number of ether oxygens (including phenoxy) is 1. The number of benzene rings is 1. The van der Waals surface area contributed by atoms with Crippen LogP contribution in [0.2, 0.25) is 0 Å². The second kappa shape index (κ2) is 5.58. The zero-order chi connectivity index (χ0) is 15.1. The quantitative estimate of drug-likeness (QED) is 0.858. The van der Waals surface area contributed by atoms with Gasteiger partial charge in [-0.3, -0.25) is 9.69 Å². The maximum absolute atomic E-state index is 12.2. The maximum atomic E-state index is 12.2. The van der Waals surface area contributed by atoms with Crippen molar-refractivity contribution in [2.24, 2.45) is 5.92 Å². The Morgan fingerprint density at radius 2 is 1.91 bits per heavy atom. The Bertz CT molecular complexity index is 574. The number of carbonyl (C=O) groups is 1. The summed E-state index contributed by atoms with van der Waals surface area (Å²) in [5, 5.41) is 0. The highest BCUT2D eigenvalue weighted by atomic mass is 16.5.